The van der Waals surface area contributed by atoms with Gasteiger partial charge in [0.25, 0.3) is 11.6 Å². The molecule has 0 spiro atoms. The molecule has 0 bridgehead atoms. The molecule has 0 aliphatic carbocycles. The fraction of sp³-hybridized carbons (Fsp3) is 0.286. The molecule has 9 heteroatoms. The van der Waals surface area contributed by atoms with Crippen LogP contribution in [-0.4, -0.2) is 40.2 Å². The van der Waals surface area contributed by atoms with Gasteiger partial charge in [0.15, 0.2) is 11.5 Å². The lowest BCUT2D eigenvalue weighted by molar-refractivity contribution is -0.385. The zero-order valence-corrected chi connectivity index (χ0v) is 16.4. The molecule has 4 rings (SSSR count). The van der Waals surface area contributed by atoms with E-state index >= 15 is 0 Å². The number of hydrogen-bond donors (Lipinski definition) is 0. The molecule has 0 N–H and O–H groups in total. The van der Waals surface area contributed by atoms with Gasteiger partial charge in [-0.15, -0.1) is 0 Å². The minimum atomic E-state index is -0.526. The van der Waals surface area contributed by atoms with E-state index in [1.165, 1.54) is 19.2 Å². The van der Waals surface area contributed by atoms with Crippen LogP contribution in [0, 0.1) is 10.1 Å². The van der Waals surface area contributed by atoms with Gasteiger partial charge in [0.05, 0.1) is 12.0 Å². The van der Waals surface area contributed by atoms with Gasteiger partial charge < -0.3 is 9.47 Å². The van der Waals surface area contributed by atoms with Crippen LogP contribution >= 0.6 is 0 Å². The van der Waals surface area contributed by atoms with Crippen molar-refractivity contribution in [1.82, 2.24) is 9.88 Å². The number of rotatable bonds is 5. The van der Waals surface area contributed by atoms with E-state index in [1.807, 2.05) is 0 Å². The molecule has 1 fully saturated rings. The topological polar surface area (TPSA) is 107 Å². The third kappa shape index (κ3) is 4.00. The summed E-state index contributed by atoms with van der Waals surface area (Å²) in [5.74, 6) is 1.83. The summed E-state index contributed by atoms with van der Waals surface area (Å²) in [5, 5.41) is 10.7. The molecule has 2 aliphatic heterocycles. The monoisotopic (exact) mass is 408 g/mol. The number of benzene rings is 1. The number of ether oxygens (including phenoxy) is 2. The Hall–Kier alpha value is -3.75. The van der Waals surface area contributed by atoms with Gasteiger partial charge in [0, 0.05) is 25.1 Å². The van der Waals surface area contributed by atoms with Crippen molar-refractivity contribution in [2.45, 2.75) is 25.7 Å². The maximum Gasteiger partial charge on any atom is 0.287 e. The summed E-state index contributed by atoms with van der Waals surface area (Å²) in [6, 6.07) is 7.95. The van der Waals surface area contributed by atoms with Crippen LogP contribution in [0.2, 0.25) is 0 Å². The molecule has 30 heavy (non-hydrogen) atoms. The van der Waals surface area contributed by atoms with Crippen LogP contribution in [-0.2, 0) is 4.79 Å². The first-order valence-electron chi connectivity index (χ1n) is 9.62. The van der Waals surface area contributed by atoms with Crippen molar-refractivity contribution in [3.8, 4) is 17.4 Å². The summed E-state index contributed by atoms with van der Waals surface area (Å²) in [5.41, 5.74) is 1.05. The van der Waals surface area contributed by atoms with Crippen LogP contribution in [0.3, 0.4) is 0 Å². The van der Waals surface area contributed by atoms with E-state index in [0.717, 1.165) is 43.3 Å². The normalized spacial score (nSPS) is 17.4. The van der Waals surface area contributed by atoms with Gasteiger partial charge in [-0.2, -0.15) is 0 Å². The van der Waals surface area contributed by atoms with Gasteiger partial charge in [-0.1, -0.05) is 12.5 Å². The predicted octanol–water partition coefficient (Wildman–Crippen LogP) is 3.95. The second-order valence-corrected chi connectivity index (χ2v) is 6.95. The van der Waals surface area contributed by atoms with E-state index < -0.39 is 4.92 Å². The van der Waals surface area contributed by atoms with Crippen molar-refractivity contribution >= 4 is 23.5 Å². The molecule has 0 radical (unpaired) electrons. The number of nitrogens with zero attached hydrogens (tertiary/aromatic N) is 4. The lowest BCUT2D eigenvalue weighted by atomic mass is 10.1. The Kier molecular flexibility index (Phi) is 5.42. The van der Waals surface area contributed by atoms with Crippen LogP contribution in [0.1, 0.15) is 31.2 Å². The van der Waals surface area contributed by atoms with Gasteiger partial charge in [-0.05, 0) is 36.6 Å². The highest BCUT2D eigenvalue weighted by Crippen LogP contribution is 2.33. The Morgan fingerprint density at radius 3 is 2.77 bits per heavy atom. The van der Waals surface area contributed by atoms with Gasteiger partial charge >= 0.3 is 0 Å². The first-order valence-corrected chi connectivity index (χ1v) is 9.62. The summed E-state index contributed by atoms with van der Waals surface area (Å²) < 4.78 is 11.1. The Balaban J connectivity index is 1.56. The molecule has 9 nitrogen and oxygen atoms in total. The minimum Gasteiger partial charge on any atom is -0.493 e. The summed E-state index contributed by atoms with van der Waals surface area (Å²) in [6.07, 6.45) is 6.84. The fourth-order valence-electron chi connectivity index (χ4n) is 3.42. The first kappa shape index (κ1) is 19.6. The average molecular weight is 408 g/mol. The van der Waals surface area contributed by atoms with Crippen LogP contribution in [0.25, 0.3) is 6.08 Å². The molecule has 0 unspecified atom stereocenters. The van der Waals surface area contributed by atoms with Crippen molar-refractivity contribution in [1.29, 1.82) is 0 Å². The van der Waals surface area contributed by atoms with Gasteiger partial charge in [0.2, 0.25) is 5.88 Å². The molecule has 1 aromatic heterocycles. The molecule has 2 aromatic rings. The number of hydrogen-bond acceptors (Lipinski definition) is 7. The number of fused-ring (bicyclic) bond motifs is 1. The number of amidine groups is 1. The van der Waals surface area contributed by atoms with Crippen LogP contribution in [0.5, 0.6) is 17.4 Å². The predicted molar refractivity (Wildman–Crippen MR) is 110 cm³/mol. The average Bonchev–Trinajstić information content (AvgIpc) is 2.91. The third-order valence-electron chi connectivity index (χ3n) is 4.94. The van der Waals surface area contributed by atoms with Crippen molar-refractivity contribution in [3.63, 3.8) is 0 Å². The van der Waals surface area contributed by atoms with Gasteiger partial charge in [-0.25, -0.2) is 9.98 Å². The molecule has 1 saturated heterocycles. The second-order valence-electron chi connectivity index (χ2n) is 6.95. The summed E-state index contributed by atoms with van der Waals surface area (Å²) in [6.45, 7) is 0.716. The molecule has 1 amide bonds. The minimum absolute atomic E-state index is 0.0683. The quantitative estimate of drug-likeness (QED) is 0.421. The van der Waals surface area contributed by atoms with Gasteiger partial charge in [0.1, 0.15) is 17.7 Å². The molecule has 2 aliphatic rings. The Morgan fingerprint density at radius 1 is 1.17 bits per heavy atom. The molecule has 0 saturated carbocycles. The zero-order valence-electron chi connectivity index (χ0n) is 16.4. The fourth-order valence-corrected chi connectivity index (χ4v) is 3.42. The largest absolute Gasteiger partial charge is 0.493 e. The maximum atomic E-state index is 12.7. The van der Waals surface area contributed by atoms with E-state index in [4.69, 9.17) is 9.47 Å². The highest BCUT2D eigenvalue weighted by Gasteiger charge is 2.30. The van der Waals surface area contributed by atoms with E-state index in [1.54, 1.807) is 29.2 Å². The number of amides is 1. The highest BCUT2D eigenvalue weighted by atomic mass is 16.6. The molecule has 3 heterocycles. The lowest BCUT2D eigenvalue weighted by Gasteiger charge is -2.14. The standard InChI is InChI=1S/C21H20N4O5/c1-29-18-12-14(11-16-21(26)24-10-4-2-3-5-19(24)23-16)6-8-17(18)30-20-9-7-15(13-22-20)25(27)28/h6-9,11-13H,2-5,10H2,1H3/b16-11-. The second kappa shape index (κ2) is 8.32. The smallest absolute Gasteiger partial charge is 0.287 e. The number of carbonyl (C=O) groups is 1. The van der Waals surface area contributed by atoms with E-state index in [0.29, 0.717) is 23.7 Å². The van der Waals surface area contributed by atoms with E-state index in [-0.39, 0.29) is 17.5 Å². The summed E-state index contributed by atoms with van der Waals surface area (Å²) in [4.78, 5) is 33.1. The lowest BCUT2D eigenvalue weighted by Crippen LogP contribution is -2.31. The Bertz CT molecular complexity index is 1050. The van der Waals surface area contributed by atoms with Crippen molar-refractivity contribution in [2.75, 3.05) is 13.7 Å². The molecular formula is C21H20N4O5. The highest BCUT2D eigenvalue weighted by molar-refractivity contribution is 6.14. The number of nitro groups is 1. The SMILES string of the molecule is COc1cc(/C=C2\N=C3CCCCCN3C2=O)ccc1Oc1ccc([N+](=O)[O-])cn1. The Morgan fingerprint density at radius 2 is 2.03 bits per heavy atom. The van der Waals surface area contributed by atoms with E-state index in [2.05, 4.69) is 9.98 Å². The van der Waals surface area contributed by atoms with Crippen molar-refractivity contribution in [2.24, 2.45) is 4.99 Å². The molecule has 0 atom stereocenters. The van der Waals surface area contributed by atoms with Crippen LogP contribution in [0.15, 0.2) is 47.2 Å². The third-order valence-corrected chi connectivity index (χ3v) is 4.94. The van der Waals surface area contributed by atoms with Gasteiger partial charge in [-0.3, -0.25) is 19.8 Å². The summed E-state index contributed by atoms with van der Waals surface area (Å²) in [7, 11) is 1.51. The van der Waals surface area contributed by atoms with Crippen molar-refractivity contribution < 1.29 is 19.2 Å². The number of pyridine rings is 1. The number of carbonyl (C=O) groups excluding carboxylic acids is 1. The number of aromatic nitrogens is 1. The van der Waals surface area contributed by atoms with Crippen molar-refractivity contribution in [3.05, 3.63) is 57.9 Å². The molecular weight excluding hydrogens is 388 g/mol. The Labute approximate surface area is 172 Å². The molecule has 154 valence electrons. The summed E-state index contributed by atoms with van der Waals surface area (Å²) >= 11 is 0. The maximum absolute atomic E-state index is 12.7. The van der Waals surface area contributed by atoms with Crippen LogP contribution < -0.4 is 9.47 Å². The number of methoxy groups -OCH3 is 1. The van der Waals surface area contributed by atoms with E-state index in [9.17, 15) is 14.9 Å². The number of aliphatic imine (C=N–C) groups is 1. The molecule has 1 aromatic carbocycles. The first-order chi connectivity index (χ1) is 14.5. The van der Waals surface area contributed by atoms with Crippen LogP contribution in [0.4, 0.5) is 5.69 Å². The zero-order chi connectivity index (χ0) is 21.1.